The second-order valence-corrected chi connectivity index (χ2v) is 6.51. The molecule has 0 atom stereocenters. The van der Waals surface area contributed by atoms with E-state index in [2.05, 4.69) is 0 Å². The van der Waals surface area contributed by atoms with Crippen molar-refractivity contribution in [2.45, 2.75) is 6.92 Å². The SMILES string of the molecule is Cc1ccc(N)cc1N1C(=O)c2c(Cl)c(Cl)c(Cl)c(Cl)c2C1=O. The lowest BCUT2D eigenvalue weighted by atomic mass is 10.1. The van der Waals surface area contributed by atoms with Crippen molar-refractivity contribution in [1.29, 1.82) is 0 Å². The highest BCUT2D eigenvalue weighted by Gasteiger charge is 2.42. The Morgan fingerprint density at radius 2 is 1.35 bits per heavy atom. The lowest BCUT2D eigenvalue weighted by Crippen LogP contribution is -2.30. The topological polar surface area (TPSA) is 63.4 Å². The average Bonchev–Trinajstić information content (AvgIpc) is 2.77. The highest BCUT2D eigenvalue weighted by Crippen LogP contribution is 2.46. The summed E-state index contributed by atoms with van der Waals surface area (Å²) in [6.07, 6.45) is 0. The molecule has 0 aromatic heterocycles. The van der Waals surface area contributed by atoms with Gasteiger partial charge >= 0.3 is 0 Å². The fourth-order valence-corrected chi connectivity index (χ4v) is 3.45. The van der Waals surface area contributed by atoms with E-state index in [4.69, 9.17) is 52.1 Å². The summed E-state index contributed by atoms with van der Waals surface area (Å²) >= 11 is 24.2. The van der Waals surface area contributed by atoms with E-state index < -0.39 is 11.8 Å². The molecule has 0 saturated heterocycles. The van der Waals surface area contributed by atoms with Gasteiger partial charge in [0.2, 0.25) is 0 Å². The molecule has 0 aliphatic carbocycles. The molecule has 1 aliphatic heterocycles. The van der Waals surface area contributed by atoms with Crippen LogP contribution in [0.15, 0.2) is 18.2 Å². The number of nitrogens with zero attached hydrogens (tertiary/aromatic N) is 1. The van der Waals surface area contributed by atoms with E-state index in [-0.39, 0.29) is 31.2 Å². The zero-order chi connectivity index (χ0) is 17.0. The molecule has 4 nitrogen and oxygen atoms in total. The molecule has 0 fully saturated rings. The number of carbonyl (C=O) groups is 2. The third-order valence-electron chi connectivity index (χ3n) is 3.58. The Labute approximate surface area is 151 Å². The number of hydrogen-bond acceptors (Lipinski definition) is 3. The molecule has 2 aromatic rings. The smallest absolute Gasteiger partial charge is 0.267 e. The van der Waals surface area contributed by atoms with Gasteiger partial charge in [0.15, 0.2) is 0 Å². The summed E-state index contributed by atoms with van der Waals surface area (Å²) in [5.74, 6) is -1.24. The molecule has 0 saturated carbocycles. The first kappa shape index (κ1) is 16.4. The molecule has 8 heteroatoms. The number of nitrogens with two attached hydrogens (primary N) is 1. The highest BCUT2D eigenvalue weighted by molar-refractivity contribution is 6.56. The van der Waals surface area contributed by atoms with Crippen molar-refractivity contribution in [1.82, 2.24) is 0 Å². The maximum Gasteiger partial charge on any atom is 0.267 e. The van der Waals surface area contributed by atoms with Crippen LogP contribution in [0, 0.1) is 6.92 Å². The van der Waals surface area contributed by atoms with Crippen LogP contribution in [-0.2, 0) is 0 Å². The summed E-state index contributed by atoms with van der Waals surface area (Å²) in [6.45, 7) is 1.75. The lowest BCUT2D eigenvalue weighted by Gasteiger charge is -2.17. The van der Waals surface area contributed by atoms with Gasteiger partial charge in [-0.05, 0) is 24.6 Å². The molecule has 0 bridgehead atoms. The minimum Gasteiger partial charge on any atom is -0.399 e. The third kappa shape index (κ3) is 2.29. The first-order valence-electron chi connectivity index (χ1n) is 6.36. The van der Waals surface area contributed by atoms with E-state index in [1.807, 2.05) is 0 Å². The van der Waals surface area contributed by atoms with Gasteiger partial charge in [0, 0.05) is 5.69 Å². The number of halogens is 4. The molecule has 2 aromatic carbocycles. The van der Waals surface area contributed by atoms with Crippen LogP contribution < -0.4 is 10.6 Å². The fraction of sp³-hybridized carbons (Fsp3) is 0.0667. The molecule has 2 N–H and O–H groups in total. The van der Waals surface area contributed by atoms with Crippen LogP contribution in [0.3, 0.4) is 0 Å². The van der Waals surface area contributed by atoms with Gasteiger partial charge in [0.05, 0.1) is 36.9 Å². The number of amides is 2. The quantitative estimate of drug-likeness (QED) is 0.323. The summed E-state index contributed by atoms with van der Waals surface area (Å²) in [5, 5.41) is -0.328. The molecular weight excluding hydrogens is 382 g/mol. The zero-order valence-electron chi connectivity index (χ0n) is 11.6. The Bertz CT molecular complexity index is 849. The average molecular weight is 390 g/mol. The van der Waals surface area contributed by atoms with Gasteiger partial charge in [0.25, 0.3) is 11.8 Å². The van der Waals surface area contributed by atoms with Crippen LogP contribution in [0.2, 0.25) is 20.1 Å². The Kier molecular flexibility index (Phi) is 3.97. The van der Waals surface area contributed by atoms with Gasteiger partial charge < -0.3 is 5.73 Å². The maximum absolute atomic E-state index is 12.7. The Morgan fingerprint density at radius 1 is 0.870 bits per heavy atom. The molecule has 1 aliphatic rings. The summed E-state index contributed by atoms with van der Waals surface area (Å²) in [6, 6.07) is 4.91. The number of rotatable bonds is 1. The van der Waals surface area contributed by atoms with Crippen molar-refractivity contribution in [2.24, 2.45) is 0 Å². The third-order valence-corrected chi connectivity index (χ3v) is 5.38. The van der Waals surface area contributed by atoms with E-state index in [9.17, 15) is 9.59 Å². The Balaban J connectivity index is 2.29. The number of aryl methyl sites for hydroxylation is 1. The standard InChI is InChI=1S/C15H8Cl4N2O2/c1-5-2-3-6(20)4-7(5)21-14(22)8-9(15(21)23)11(17)13(19)12(18)10(8)16/h2-4H,20H2,1H3. The molecule has 118 valence electrons. The van der Waals surface area contributed by atoms with Crippen molar-refractivity contribution >= 4 is 69.6 Å². The Hall–Kier alpha value is -1.46. The predicted molar refractivity (Wildman–Crippen MR) is 93.2 cm³/mol. The van der Waals surface area contributed by atoms with Gasteiger partial charge in [-0.2, -0.15) is 0 Å². The number of fused-ring (bicyclic) bond motifs is 1. The summed E-state index contributed by atoms with van der Waals surface area (Å²) in [5.41, 5.74) is 7.10. The first-order chi connectivity index (χ1) is 10.8. The molecular formula is C15H8Cl4N2O2. The number of anilines is 2. The summed E-state index contributed by atoms with van der Waals surface area (Å²) < 4.78 is 0. The van der Waals surface area contributed by atoms with E-state index in [0.717, 1.165) is 4.90 Å². The van der Waals surface area contributed by atoms with Crippen LogP contribution >= 0.6 is 46.4 Å². The predicted octanol–water partition coefficient (Wildman–Crippen LogP) is 4.99. The maximum atomic E-state index is 12.7. The van der Waals surface area contributed by atoms with Crippen LogP contribution in [0.5, 0.6) is 0 Å². The lowest BCUT2D eigenvalue weighted by molar-refractivity contribution is 0.0926. The largest absolute Gasteiger partial charge is 0.399 e. The zero-order valence-corrected chi connectivity index (χ0v) is 14.6. The summed E-state index contributed by atoms with van der Waals surface area (Å²) in [4.78, 5) is 26.4. The number of benzene rings is 2. The second-order valence-electron chi connectivity index (χ2n) is 5.00. The van der Waals surface area contributed by atoms with E-state index >= 15 is 0 Å². The van der Waals surface area contributed by atoms with Gasteiger partial charge in [-0.25, -0.2) is 4.90 Å². The highest BCUT2D eigenvalue weighted by atomic mass is 35.5. The fourth-order valence-electron chi connectivity index (χ4n) is 2.44. The van der Waals surface area contributed by atoms with E-state index in [0.29, 0.717) is 16.9 Å². The van der Waals surface area contributed by atoms with Crippen molar-refractivity contribution < 1.29 is 9.59 Å². The molecule has 0 spiro atoms. The molecule has 1 heterocycles. The van der Waals surface area contributed by atoms with Crippen LogP contribution in [0.25, 0.3) is 0 Å². The monoisotopic (exact) mass is 388 g/mol. The molecule has 2 amide bonds. The van der Waals surface area contributed by atoms with Crippen LogP contribution in [-0.4, -0.2) is 11.8 Å². The van der Waals surface area contributed by atoms with Crippen molar-refractivity contribution in [2.75, 3.05) is 10.6 Å². The van der Waals surface area contributed by atoms with Crippen LogP contribution in [0.4, 0.5) is 11.4 Å². The van der Waals surface area contributed by atoms with Crippen molar-refractivity contribution in [3.63, 3.8) is 0 Å². The number of carbonyl (C=O) groups excluding carboxylic acids is 2. The minimum atomic E-state index is -0.621. The van der Waals surface area contributed by atoms with E-state index in [1.54, 1.807) is 19.1 Å². The summed E-state index contributed by atoms with van der Waals surface area (Å²) in [7, 11) is 0. The number of nitrogen functional groups attached to an aromatic ring is 1. The number of hydrogen-bond donors (Lipinski definition) is 1. The normalized spacial score (nSPS) is 13.7. The van der Waals surface area contributed by atoms with Gasteiger partial charge in [-0.15, -0.1) is 0 Å². The van der Waals surface area contributed by atoms with Crippen molar-refractivity contribution in [3.8, 4) is 0 Å². The Morgan fingerprint density at radius 3 is 1.83 bits per heavy atom. The number of imide groups is 1. The van der Waals surface area contributed by atoms with Crippen LogP contribution in [0.1, 0.15) is 26.3 Å². The second kappa shape index (κ2) is 5.56. The molecule has 0 unspecified atom stereocenters. The molecule has 0 radical (unpaired) electrons. The molecule has 23 heavy (non-hydrogen) atoms. The molecule has 3 rings (SSSR count). The van der Waals surface area contributed by atoms with E-state index in [1.165, 1.54) is 6.07 Å². The van der Waals surface area contributed by atoms with Gasteiger partial charge in [0.1, 0.15) is 0 Å². The van der Waals surface area contributed by atoms with Gasteiger partial charge in [-0.1, -0.05) is 52.5 Å². The first-order valence-corrected chi connectivity index (χ1v) is 7.87. The minimum absolute atomic E-state index is 0.0575. The van der Waals surface area contributed by atoms with Gasteiger partial charge in [-0.3, -0.25) is 9.59 Å². The van der Waals surface area contributed by atoms with Crippen molar-refractivity contribution in [3.05, 3.63) is 55.0 Å².